The molecule has 0 aromatic rings. The Labute approximate surface area is 81.3 Å². The molecular weight excluding hydrogens is 164 g/mol. The summed E-state index contributed by atoms with van der Waals surface area (Å²) in [6.07, 6.45) is 6.97. The van der Waals surface area contributed by atoms with Crippen LogP contribution in [0.5, 0.6) is 0 Å². The molecule has 13 heavy (non-hydrogen) atoms. The molecule has 0 saturated carbocycles. The first-order chi connectivity index (χ1) is 6.16. The fraction of sp³-hybridized carbons (Fsp3) is 0.909. The predicted octanol–water partition coefficient (Wildman–Crippen LogP) is 2.12. The quantitative estimate of drug-likeness (QED) is 0.543. The summed E-state index contributed by atoms with van der Waals surface area (Å²) >= 11 is 0. The minimum atomic E-state index is -0.915. The summed E-state index contributed by atoms with van der Waals surface area (Å²) in [5, 5.41) is 10.1. The predicted molar refractivity (Wildman–Crippen MR) is 52.2 cm³/mol. The Bertz CT molecular complexity index is 132. The summed E-state index contributed by atoms with van der Waals surface area (Å²) in [6.45, 7) is 4.47. The van der Waals surface area contributed by atoms with E-state index in [1.807, 2.05) is 0 Å². The highest BCUT2D eigenvalue weighted by atomic mass is 16.4. The maximum absolute atomic E-state index is 10.1. The summed E-state index contributed by atoms with van der Waals surface area (Å²) < 4.78 is 0. The highest BCUT2D eigenvalue weighted by Crippen LogP contribution is 2.14. The van der Waals surface area contributed by atoms with Crippen molar-refractivity contribution in [3.05, 3.63) is 0 Å². The Morgan fingerprint density at radius 1 is 1.23 bits per heavy atom. The van der Waals surface area contributed by atoms with Gasteiger partial charge in [0.05, 0.1) is 0 Å². The van der Waals surface area contributed by atoms with E-state index in [0.717, 1.165) is 25.2 Å². The molecule has 0 amide bonds. The van der Waals surface area contributed by atoms with Gasteiger partial charge in [0, 0.05) is 5.97 Å². The van der Waals surface area contributed by atoms with Gasteiger partial charge in [-0.15, -0.1) is 0 Å². The fourth-order valence-electron chi connectivity index (χ4n) is 1.58. The van der Waals surface area contributed by atoms with Gasteiger partial charge in [0.1, 0.15) is 0 Å². The van der Waals surface area contributed by atoms with Crippen LogP contribution in [-0.4, -0.2) is 5.97 Å². The molecule has 0 spiro atoms. The van der Waals surface area contributed by atoms with Crippen molar-refractivity contribution in [1.82, 2.24) is 0 Å². The zero-order valence-electron chi connectivity index (χ0n) is 8.84. The fourth-order valence-corrected chi connectivity index (χ4v) is 1.58. The van der Waals surface area contributed by atoms with Crippen molar-refractivity contribution < 1.29 is 9.90 Å². The number of carbonyl (C=O) groups is 1. The Morgan fingerprint density at radius 3 is 2.46 bits per heavy atom. The number of hydrogen-bond donors (Lipinski definition) is 0. The number of carbonyl (C=O) groups excluding carboxylic acids is 1. The van der Waals surface area contributed by atoms with E-state index in [1.54, 1.807) is 0 Å². The van der Waals surface area contributed by atoms with E-state index in [-0.39, 0.29) is 6.42 Å². The van der Waals surface area contributed by atoms with Gasteiger partial charge < -0.3 is 9.90 Å². The monoisotopic (exact) mass is 185 g/mol. The number of carboxylic acid groups (broad SMARTS) is 1. The molecule has 0 rings (SSSR count). The summed E-state index contributed by atoms with van der Waals surface area (Å²) in [7, 11) is 0. The second-order valence-electron chi connectivity index (χ2n) is 3.87. The van der Waals surface area contributed by atoms with E-state index in [1.165, 1.54) is 19.3 Å². The first-order valence-corrected chi connectivity index (χ1v) is 5.36. The molecule has 0 aromatic carbocycles. The third kappa shape index (κ3) is 9.38. The molecule has 0 unspecified atom stereocenters. The Kier molecular flexibility index (Phi) is 7.76. The van der Waals surface area contributed by atoms with Crippen molar-refractivity contribution in [2.45, 2.75) is 58.8 Å². The second kappa shape index (κ2) is 8.09. The molecular formula is C11H21O2-. The van der Waals surface area contributed by atoms with Crippen molar-refractivity contribution in [2.75, 3.05) is 0 Å². The van der Waals surface area contributed by atoms with E-state index in [9.17, 15) is 9.90 Å². The zero-order chi connectivity index (χ0) is 10.1. The minimum absolute atomic E-state index is 0.224. The van der Waals surface area contributed by atoms with Crippen LogP contribution < -0.4 is 5.11 Å². The van der Waals surface area contributed by atoms with Crippen LogP contribution in [0.4, 0.5) is 0 Å². The minimum Gasteiger partial charge on any atom is -0.550 e. The molecule has 0 fully saturated rings. The summed E-state index contributed by atoms with van der Waals surface area (Å²) in [4.78, 5) is 10.1. The smallest absolute Gasteiger partial charge is 0.0414 e. The van der Waals surface area contributed by atoms with E-state index in [2.05, 4.69) is 13.8 Å². The van der Waals surface area contributed by atoms with Gasteiger partial charge >= 0.3 is 0 Å². The number of unbranched alkanes of at least 4 members (excludes halogenated alkanes) is 2. The Morgan fingerprint density at radius 2 is 1.92 bits per heavy atom. The highest BCUT2D eigenvalue weighted by Gasteiger charge is 1.99. The SMILES string of the molecule is CCC[C@@H](C)CCCCCC(=O)[O-]. The summed E-state index contributed by atoms with van der Waals surface area (Å²) in [6, 6.07) is 0. The van der Waals surface area contributed by atoms with Crippen molar-refractivity contribution in [3.8, 4) is 0 Å². The number of hydrogen-bond acceptors (Lipinski definition) is 2. The standard InChI is InChI=1S/C11H22O2/c1-3-7-10(2)8-5-4-6-9-11(12)13/h10H,3-9H2,1-2H3,(H,12,13)/p-1/t10-/m1/s1. The van der Waals surface area contributed by atoms with Gasteiger partial charge in [-0.05, 0) is 18.8 Å². The lowest BCUT2D eigenvalue weighted by Gasteiger charge is -2.09. The van der Waals surface area contributed by atoms with Crippen LogP contribution in [0.2, 0.25) is 0 Å². The van der Waals surface area contributed by atoms with Gasteiger partial charge in [-0.1, -0.05) is 46.0 Å². The van der Waals surface area contributed by atoms with Crippen LogP contribution >= 0.6 is 0 Å². The lowest BCUT2D eigenvalue weighted by Crippen LogP contribution is -2.21. The molecule has 0 saturated heterocycles. The van der Waals surface area contributed by atoms with Crippen LogP contribution in [0.15, 0.2) is 0 Å². The Hall–Kier alpha value is -0.530. The molecule has 78 valence electrons. The third-order valence-electron chi connectivity index (χ3n) is 2.36. The molecule has 0 aliphatic heterocycles. The maximum atomic E-state index is 10.1. The van der Waals surface area contributed by atoms with Crippen molar-refractivity contribution in [2.24, 2.45) is 5.92 Å². The first kappa shape index (κ1) is 12.5. The average molecular weight is 185 g/mol. The lowest BCUT2D eigenvalue weighted by molar-refractivity contribution is -0.305. The molecule has 0 aromatic heterocycles. The average Bonchev–Trinajstić information content (AvgIpc) is 2.03. The molecule has 0 aliphatic rings. The molecule has 0 heterocycles. The summed E-state index contributed by atoms with van der Waals surface area (Å²) in [5.41, 5.74) is 0. The van der Waals surface area contributed by atoms with E-state index >= 15 is 0 Å². The Balaban J connectivity index is 3.11. The third-order valence-corrected chi connectivity index (χ3v) is 2.36. The van der Waals surface area contributed by atoms with Gasteiger partial charge in [-0.25, -0.2) is 0 Å². The topological polar surface area (TPSA) is 40.1 Å². The lowest BCUT2D eigenvalue weighted by atomic mass is 9.98. The molecule has 0 bridgehead atoms. The van der Waals surface area contributed by atoms with Crippen LogP contribution in [0.3, 0.4) is 0 Å². The van der Waals surface area contributed by atoms with E-state index in [4.69, 9.17) is 0 Å². The van der Waals surface area contributed by atoms with E-state index < -0.39 is 5.97 Å². The molecule has 1 atom stereocenters. The van der Waals surface area contributed by atoms with Crippen LogP contribution in [0.25, 0.3) is 0 Å². The van der Waals surface area contributed by atoms with Crippen LogP contribution in [0, 0.1) is 5.92 Å². The molecule has 2 heteroatoms. The summed E-state index contributed by atoms with van der Waals surface area (Å²) in [5.74, 6) is -0.116. The van der Waals surface area contributed by atoms with Gasteiger partial charge in [0.15, 0.2) is 0 Å². The zero-order valence-corrected chi connectivity index (χ0v) is 8.84. The highest BCUT2D eigenvalue weighted by molar-refractivity contribution is 5.63. The first-order valence-electron chi connectivity index (χ1n) is 5.36. The number of aliphatic carboxylic acids is 1. The van der Waals surface area contributed by atoms with Gasteiger partial charge in [-0.2, -0.15) is 0 Å². The van der Waals surface area contributed by atoms with Crippen LogP contribution in [-0.2, 0) is 4.79 Å². The van der Waals surface area contributed by atoms with E-state index in [0.29, 0.717) is 0 Å². The number of rotatable bonds is 8. The molecule has 2 nitrogen and oxygen atoms in total. The normalized spacial score (nSPS) is 12.8. The van der Waals surface area contributed by atoms with Gasteiger partial charge in [0.25, 0.3) is 0 Å². The van der Waals surface area contributed by atoms with Crippen molar-refractivity contribution in [3.63, 3.8) is 0 Å². The second-order valence-corrected chi connectivity index (χ2v) is 3.87. The van der Waals surface area contributed by atoms with Crippen LogP contribution in [0.1, 0.15) is 58.8 Å². The number of carboxylic acids is 1. The van der Waals surface area contributed by atoms with Gasteiger partial charge in [-0.3, -0.25) is 0 Å². The molecule has 0 N–H and O–H groups in total. The van der Waals surface area contributed by atoms with Crippen molar-refractivity contribution >= 4 is 5.97 Å². The van der Waals surface area contributed by atoms with Crippen molar-refractivity contribution in [1.29, 1.82) is 0 Å². The molecule has 0 aliphatic carbocycles. The van der Waals surface area contributed by atoms with Gasteiger partial charge in [0.2, 0.25) is 0 Å². The maximum Gasteiger partial charge on any atom is 0.0414 e. The molecule has 0 radical (unpaired) electrons. The largest absolute Gasteiger partial charge is 0.550 e.